The molecule has 0 aliphatic rings. The predicted octanol–water partition coefficient (Wildman–Crippen LogP) is 3.79. The second kappa shape index (κ2) is 10.6. The summed E-state index contributed by atoms with van der Waals surface area (Å²) in [5.41, 5.74) is 3.49. The molecule has 0 radical (unpaired) electrons. The minimum atomic E-state index is -0.195. The summed E-state index contributed by atoms with van der Waals surface area (Å²) in [6, 6.07) is 16.9. The highest BCUT2D eigenvalue weighted by molar-refractivity contribution is 7.99. The Morgan fingerprint density at radius 1 is 1.09 bits per heavy atom. The molecule has 0 atom stereocenters. The monoisotopic (exact) mass is 478 g/mol. The van der Waals surface area contributed by atoms with Crippen molar-refractivity contribution in [2.45, 2.75) is 11.7 Å². The van der Waals surface area contributed by atoms with Crippen molar-refractivity contribution < 1.29 is 14.3 Å². The van der Waals surface area contributed by atoms with E-state index in [1.54, 1.807) is 47.6 Å². The van der Waals surface area contributed by atoms with Gasteiger partial charge in [0.2, 0.25) is 5.91 Å². The van der Waals surface area contributed by atoms with E-state index in [1.807, 2.05) is 43.6 Å². The molecular weight excluding hydrogens is 452 g/mol. The van der Waals surface area contributed by atoms with Crippen molar-refractivity contribution in [3.8, 4) is 16.9 Å². The van der Waals surface area contributed by atoms with E-state index < -0.39 is 0 Å². The average molecular weight is 479 g/mol. The van der Waals surface area contributed by atoms with Gasteiger partial charge in [-0.05, 0) is 29.8 Å². The molecule has 0 spiro atoms. The van der Waals surface area contributed by atoms with Gasteiger partial charge in [0.15, 0.2) is 5.16 Å². The Labute approximate surface area is 201 Å². The molecule has 2 heterocycles. The number of amides is 1. The first-order valence-electron chi connectivity index (χ1n) is 10.7. The zero-order chi connectivity index (χ0) is 24.1. The van der Waals surface area contributed by atoms with Crippen LogP contribution >= 0.6 is 11.8 Å². The molecule has 2 aromatic heterocycles. The van der Waals surface area contributed by atoms with E-state index in [-0.39, 0.29) is 17.2 Å². The Balaban J connectivity index is 1.65. The SMILES string of the molecule is COCCn1c(SCC(=O)Nc2ccc(OC)cc2)nc2c(-c3ccccc3)cn(C)c2c1=O. The van der Waals surface area contributed by atoms with Crippen LogP contribution in [0.25, 0.3) is 22.2 Å². The van der Waals surface area contributed by atoms with E-state index in [0.29, 0.717) is 40.8 Å². The molecule has 0 fully saturated rings. The lowest BCUT2D eigenvalue weighted by atomic mass is 10.1. The quantitative estimate of drug-likeness (QED) is 0.291. The molecule has 0 saturated heterocycles. The smallest absolute Gasteiger partial charge is 0.278 e. The first kappa shape index (κ1) is 23.6. The highest BCUT2D eigenvalue weighted by atomic mass is 32.2. The molecule has 4 aromatic rings. The largest absolute Gasteiger partial charge is 0.497 e. The number of ether oxygens (including phenoxy) is 2. The van der Waals surface area contributed by atoms with Gasteiger partial charge >= 0.3 is 0 Å². The summed E-state index contributed by atoms with van der Waals surface area (Å²) < 4.78 is 13.7. The summed E-state index contributed by atoms with van der Waals surface area (Å²) in [6.07, 6.45) is 1.92. The number of hydrogen-bond acceptors (Lipinski definition) is 6. The molecule has 0 aliphatic carbocycles. The van der Waals surface area contributed by atoms with Gasteiger partial charge in [-0.2, -0.15) is 0 Å². The number of benzene rings is 2. The molecule has 1 N–H and O–H groups in total. The fraction of sp³-hybridized carbons (Fsp3) is 0.240. The maximum absolute atomic E-state index is 13.4. The van der Waals surface area contributed by atoms with Gasteiger partial charge in [0.05, 0.1) is 26.0 Å². The molecule has 176 valence electrons. The summed E-state index contributed by atoms with van der Waals surface area (Å²) in [5.74, 6) is 0.619. The Bertz CT molecular complexity index is 1350. The maximum atomic E-state index is 13.4. The molecule has 2 aromatic carbocycles. The number of nitrogens with one attached hydrogen (secondary N) is 1. The predicted molar refractivity (Wildman–Crippen MR) is 135 cm³/mol. The molecule has 9 heteroatoms. The number of aryl methyl sites for hydroxylation is 1. The third-order valence-corrected chi connectivity index (χ3v) is 6.33. The van der Waals surface area contributed by atoms with E-state index in [2.05, 4.69) is 5.32 Å². The summed E-state index contributed by atoms with van der Waals surface area (Å²) >= 11 is 1.22. The summed E-state index contributed by atoms with van der Waals surface area (Å²) in [5, 5.41) is 3.33. The van der Waals surface area contributed by atoms with E-state index in [4.69, 9.17) is 14.5 Å². The highest BCUT2D eigenvalue weighted by Gasteiger charge is 2.19. The van der Waals surface area contributed by atoms with E-state index in [1.165, 1.54) is 11.8 Å². The minimum absolute atomic E-state index is 0.102. The number of anilines is 1. The molecule has 4 rings (SSSR count). The Kier molecular flexibility index (Phi) is 7.34. The van der Waals surface area contributed by atoms with Crippen LogP contribution in [-0.2, 0) is 23.1 Å². The number of rotatable bonds is 9. The summed E-state index contributed by atoms with van der Waals surface area (Å²) in [4.78, 5) is 30.9. The Hall–Kier alpha value is -3.56. The Morgan fingerprint density at radius 2 is 1.82 bits per heavy atom. The number of nitrogens with zero attached hydrogens (tertiary/aromatic N) is 3. The zero-order valence-corrected chi connectivity index (χ0v) is 20.1. The molecule has 0 saturated carbocycles. The van der Waals surface area contributed by atoms with Crippen LogP contribution in [-0.4, -0.2) is 46.6 Å². The molecular formula is C25H26N4O4S. The lowest BCUT2D eigenvalue weighted by Crippen LogP contribution is -2.27. The van der Waals surface area contributed by atoms with E-state index in [0.717, 1.165) is 11.1 Å². The lowest BCUT2D eigenvalue weighted by molar-refractivity contribution is -0.113. The third-order valence-electron chi connectivity index (χ3n) is 5.35. The fourth-order valence-electron chi connectivity index (χ4n) is 3.67. The maximum Gasteiger partial charge on any atom is 0.278 e. The van der Waals surface area contributed by atoms with Crippen LogP contribution in [0.5, 0.6) is 5.75 Å². The summed E-state index contributed by atoms with van der Waals surface area (Å²) in [7, 11) is 5.02. The van der Waals surface area contributed by atoms with Crippen molar-refractivity contribution in [3.05, 3.63) is 71.1 Å². The van der Waals surface area contributed by atoms with Gasteiger partial charge in [0.25, 0.3) is 5.56 Å². The third kappa shape index (κ3) is 5.00. The topological polar surface area (TPSA) is 87.4 Å². The van der Waals surface area contributed by atoms with Crippen LogP contribution in [0.2, 0.25) is 0 Å². The van der Waals surface area contributed by atoms with Gasteiger partial charge < -0.3 is 19.4 Å². The van der Waals surface area contributed by atoms with Crippen LogP contribution in [0.3, 0.4) is 0 Å². The Morgan fingerprint density at radius 3 is 2.50 bits per heavy atom. The number of aromatic nitrogens is 3. The molecule has 34 heavy (non-hydrogen) atoms. The molecule has 0 bridgehead atoms. The van der Waals surface area contributed by atoms with E-state index in [9.17, 15) is 9.59 Å². The molecule has 1 amide bonds. The van der Waals surface area contributed by atoms with Gasteiger partial charge in [0.1, 0.15) is 16.8 Å². The van der Waals surface area contributed by atoms with Crippen LogP contribution in [0.15, 0.2) is 70.7 Å². The zero-order valence-electron chi connectivity index (χ0n) is 19.3. The van der Waals surface area contributed by atoms with E-state index >= 15 is 0 Å². The second-order valence-corrected chi connectivity index (χ2v) is 8.57. The minimum Gasteiger partial charge on any atom is -0.497 e. The van der Waals surface area contributed by atoms with Crippen LogP contribution < -0.4 is 15.6 Å². The number of hydrogen-bond donors (Lipinski definition) is 1. The van der Waals surface area contributed by atoms with Crippen molar-refractivity contribution in [1.82, 2.24) is 14.1 Å². The number of carbonyl (C=O) groups is 1. The van der Waals surface area contributed by atoms with Crippen molar-refractivity contribution in [2.75, 3.05) is 31.9 Å². The van der Waals surface area contributed by atoms with Crippen LogP contribution in [0.1, 0.15) is 0 Å². The van der Waals surface area contributed by atoms with Crippen LogP contribution in [0, 0.1) is 0 Å². The van der Waals surface area contributed by atoms with Gasteiger partial charge in [-0.15, -0.1) is 0 Å². The number of fused-ring (bicyclic) bond motifs is 1. The van der Waals surface area contributed by atoms with Crippen molar-refractivity contribution in [2.24, 2.45) is 7.05 Å². The molecule has 0 aliphatic heterocycles. The van der Waals surface area contributed by atoms with Crippen LogP contribution in [0.4, 0.5) is 5.69 Å². The highest BCUT2D eigenvalue weighted by Crippen LogP contribution is 2.29. The summed E-state index contributed by atoms with van der Waals surface area (Å²) in [6.45, 7) is 0.696. The second-order valence-electron chi connectivity index (χ2n) is 7.63. The number of carbonyl (C=O) groups excluding carboxylic acids is 1. The first-order valence-corrected chi connectivity index (χ1v) is 11.7. The van der Waals surface area contributed by atoms with Gasteiger partial charge in [-0.3, -0.25) is 14.2 Å². The number of methoxy groups -OCH3 is 2. The average Bonchev–Trinajstić information content (AvgIpc) is 3.19. The normalized spacial score (nSPS) is 11.0. The van der Waals surface area contributed by atoms with Gasteiger partial charge in [-0.25, -0.2) is 4.98 Å². The lowest BCUT2D eigenvalue weighted by Gasteiger charge is -2.13. The first-order chi connectivity index (χ1) is 16.5. The van der Waals surface area contributed by atoms with Crippen molar-refractivity contribution in [1.29, 1.82) is 0 Å². The van der Waals surface area contributed by atoms with Gasteiger partial charge in [-0.1, -0.05) is 42.1 Å². The standard InChI is InChI=1S/C25H26N4O4S/c1-28-15-20(17-7-5-4-6-8-17)22-23(28)24(31)29(13-14-32-2)25(27-22)34-16-21(30)26-18-9-11-19(33-3)12-10-18/h4-12,15H,13-14,16H2,1-3H3,(H,26,30). The van der Waals surface area contributed by atoms with Crippen molar-refractivity contribution >= 4 is 34.4 Å². The fourth-order valence-corrected chi connectivity index (χ4v) is 4.49. The van der Waals surface area contributed by atoms with Gasteiger partial charge in [0, 0.05) is 31.6 Å². The molecule has 0 unspecified atom stereocenters. The number of thioether (sulfide) groups is 1. The van der Waals surface area contributed by atoms with Crippen molar-refractivity contribution in [3.63, 3.8) is 0 Å². The molecule has 8 nitrogen and oxygen atoms in total.